The van der Waals surface area contributed by atoms with Gasteiger partial charge >= 0.3 is 5.97 Å². The highest BCUT2D eigenvalue weighted by molar-refractivity contribution is 5.94. The SMILES string of the molecule is CCCCCCOC(=O)C1CCN(C(=O)c2ccc([N+](=O)[O-])cc2)CC1. The predicted molar refractivity (Wildman–Crippen MR) is 96.8 cm³/mol. The highest BCUT2D eigenvalue weighted by Gasteiger charge is 2.28. The maximum atomic E-state index is 12.5. The number of nitro groups is 1. The van der Waals surface area contributed by atoms with Crippen molar-refractivity contribution in [1.82, 2.24) is 4.90 Å². The van der Waals surface area contributed by atoms with Crippen LogP contribution in [0, 0.1) is 16.0 Å². The van der Waals surface area contributed by atoms with Crippen LogP contribution in [0.3, 0.4) is 0 Å². The summed E-state index contributed by atoms with van der Waals surface area (Å²) in [7, 11) is 0. The minimum Gasteiger partial charge on any atom is -0.465 e. The number of rotatable bonds is 8. The van der Waals surface area contributed by atoms with Crippen molar-refractivity contribution in [2.75, 3.05) is 19.7 Å². The highest BCUT2D eigenvalue weighted by atomic mass is 16.6. The second kappa shape index (κ2) is 9.89. The number of hydrogen-bond donors (Lipinski definition) is 0. The van der Waals surface area contributed by atoms with Crippen LogP contribution < -0.4 is 0 Å². The molecule has 1 fully saturated rings. The van der Waals surface area contributed by atoms with Crippen molar-refractivity contribution in [1.29, 1.82) is 0 Å². The van der Waals surface area contributed by atoms with Gasteiger partial charge in [-0.2, -0.15) is 0 Å². The molecule has 0 N–H and O–H groups in total. The largest absolute Gasteiger partial charge is 0.465 e. The van der Waals surface area contributed by atoms with E-state index in [-0.39, 0.29) is 23.5 Å². The highest BCUT2D eigenvalue weighted by Crippen LogP contribution is 2.21. The van der Waals surface area contributed by atoms with E-state index in [9.17, 15) is 19.7 Å². The van der Waals surface area contributed by atoms with Gasteiger partial charge in [-0.05, 0) is 31.4 Å². The predicted octanol–water partition coefficient (Wildman–Crippen LogP) is 3.57. The van der Waals surface area contributed by atoms with Crippen molar-refractivity contribution in [3.8, 4) is 0 Å². The fourth-order valence-corrected chi connectivity index (χ4v) is 3.05. The Morgan fingerprint density at radius 1 is 1.15 bits per heavy atom. The molecular weight excluding hydrogens is 336 g/mol. The maximum Gasteiger partial charge on any atom is 0.309 e. The summed E-state index contributed by atoms with van der Waals surface area (Å²) >= 11 is 0. The zero-order chi connectivity index (χ0) is 18.9. The van der Waals surface area contributed by atoms with Crippen LogP contribution in [0.4, 0.5) is 5.69 Å². The Morgan fingerprint density at radius 2 is 1.81 bits per heavy atom. The van der Waals surface area contributed by atoms with E-state index in [0.717, 1.165) is 25.7 Å². The van der Waals surface area contributed by atoms with E-state index in [1.54, 1.807) is 4.90 Å². The summed E-state index contributed by atoms with van der Waals surface area (Å²) in [6.45, 7) is 3.59. The molecule has 26 heavy (non-hydrogen) atoms. The molecule has 1 amide bonds. The fraction of sp³-hybridized carbons (Fsp3) is 0.579. The summed E-state index contributed by atoms with van der Waals surface area (Å²) in [4.78, 5) is 36.4. The maximum absolute atomic E-state index is 12.5. The number of hydrogen-bond acceptors (Lipinski definition) is 5. The van der Waals surface area contributed by atoms with Gasteiger partial charge in [-0.3, -0.25) is 19.7 Å². The molecule has 0 spiro atoms. The third kappa shape index (κ3) is 5.54. The number of unbranched alkanes of at least 4 members (excludes halogenated alkanes) is 3. The molecule has 0 aliphatic carbocycles. The van der Waals surface area contributed by atoms with E-state index < -0.39 is 4.92 Å². The summed E-state index contributed by atoms with van der Waals surface area (Å²) in [6, 6.07) is 5.60. The number of non-ortho nitro benzene ring substituents is 1. The van der Waals surface area contributed by atoms with Gasteiger partial charge in [0.1, 0.15) is 0 Å². The standard InChI is InChI=1S/C19H26N2O5/c1-2-3-4-5-14-26-19(23)16-10-12-20(13-11-16)18(22)15-6-8-17(9-7-15)21(24)25/h6-9,16H,2-5,10-14H2,1H3. The molecule has 7 nitrogen and oxygen atoms in total. The molecular formula is C19H26N2O5. The molecule has 1 aliphatic rings. The van der Waals surface area contributed by atoms with Crippen molar-refractivity contribution >= 4 is 17.6 Å². The first kappa shape index (κ1) is 19.9. The van der Waals surface area contributed by atoms with Gasteiger partial charge in [-0.1, -0.05) is 26.2 Å². The van der Waals surface area contributed by atoms with Gasteiger partial charge in [0.2, 0.25) is 0 Å². The van der Waals surface area contributed by atoms with Crippen molar-refractivity contribution in [2.45, 2.75) is 45.4 Å². The molecule has 1 aliphatic heterocycles. The van der Waals surface area contributed by atoms with Gasteiger partial charge in [0.25, 0.3) is 11.6 Å². The molecule has 1 heterocycles. The van der Waals surface area contributed by atoms with Gasteiger partial charge in [-0.25, -0.2) is 0 Å². The quantitative estimate of drug-likeness (QED) is 0.305. The van der Waals surface area contributed by atoms with Gasteiger partial charge in [0.15, 0.2) is 0 Å². The molecule has 0 bridgehead atoms. The lowest BCUT2D eigenvalue weighted by molar-refractivity contribution is -0.384. The first-order chi connectivity index (χ1) is 12.5. The van der Waals surface area contributed by atoms with Crippen LogP contribution >= 0.6 is 0 Å². The molecule has 0 atom stereocenters. The molecule has 0 saturated carbocycles. The van der Waals surface area contributed by atoms with Crippen LogP contribution in [-0.4, -0.2) is 41.4 Å². The van der Waals surface area contributed by atoms with Crippen LogP contribution in [0.5, 0.6) is 0 Å². The lowest BCUT2D eigenvalue weighted by Crippen LogP contribution is -2.40. The molecule has 7 heteroatoms. The second-order valence-corrected chi connectivity index (χ2v) is 6.60. The Balaban J connectivity index is 1.77. The number of esters is 1. The number of nitro benzene ring substituents is 1. The Morgan fingerprint density at radius 3 is 2.38 bits per heavy atom. The molecule has 1 saturated heterocycles. The van der Waals surface area contributed by atoms with Gasteiger partial charge in [0, 0.05) is 30.8 Å². The van der Waals surface area contributed by atoms with Crippen LogP contribution in [0.2, 0.25) is 0 Å². The van der Waals surface area contributed by atoms with Crippen LogP contribution in [0.25, 0.3) is 0 Å². The average Bonchev–Trinajstić information content (AvgIpc) is 2.67. The minimum absolute atomic E-state index is 0.0399. The summed E-state index contributed by atoms with van der Waals surface area (Å²) in [5.74, 6) is -0.475. The molecule has 0 unspecified atom stereocenters. The van der Waals surface area contributed by atoms with E-state index in [4.69, 9.17) is 4.74 Å². The average molecular weight is 362 g/mol. The van der Waals surface area contributed by atoms with Crippen LogP contribution in [0.1, 0.15) is 55.8 Å². The lowest BCUT2D eigenvalue weighted by Gasteiger charge is -2.31. The van der Waals surface area contributed by atoms with Crippen molar-refractivity contribution in [2.24, 2.45) is 5.92 Å². The van der Waals surface area contributed by atoms with Crippen molar-refractivity contribution in [3.05, 3.63) is 39.9 Å². The third-order valence-corrected chi connectivity index (χ3v) is 4.68. The Hall–Kier alpha value is -2.44. The summed E-state index contributed by atoms with van der Waals surface area (Å²) in [5, 5.41) is 10.7. The zero-order valence-corrected chi connectivity index (χ0v) is 15.2. The topological polar surface area (TPSA) is 89.8 Å². The fourth-order valence-electron chi connectivity index (χ4n) is 3.05. The lowest BCUT2D eigenvalue weighted by atomic mass is 9.96. The number of ether oxygens (including phenoxy) is 1. The molecule has 1 aromatic rings. The number of likely N-dealkylation sites (tertiary alicyclic amines) is 1. The molecule has 0 radical (unpaired) electrons. The first-order valence-corrected chi connectivity index (χ1v) is 9.23. The van der Waals surface area contributed by atoms with Gasteiger partial charge in [0.05, 0.1) is 17.4 Å². The van der Waals surface area contributed by atoms with E-state index in [2.05, 4.69) is 6.92 Å². The zero-order valence-electron chi connectivity index (χ0n) is 15.2. The molecule has 142 valence electrons. The number of nitrogens with zero attached hydrogens (tertiary/aromatic N) is 2. The number of carbonyl (C=O) groups is 2. The van der Waals surface area contributed by atoms with Crippen LogP contribution in [-0.2, 0) is 9.53 Å². The normalized spacial score (nSPS) is 14.9. The van der Waals surface area contributed by atoms with Gasteiger partial charge in [-0.15, -0.1) is 0 Å². The first-order valence-electron chi connectivity index (χ1n) is 9.23. The van der Waals surface area contributed by atoms with Crippen molar-refractivity contribution in [3.63, 3.8) is 0 Å². The number of amides is 1. The Kier molecular flexibility index (Phi) is 7.56. The van der Waals surface area contributed by atoms with E-state index >= 15 is 0 Å². The summed E-state index contributed by atoms with van der Waals surface area (Å²) in [5.41, 5.74) is 0.384. The number of carbonyl (C=O) groups excluding carboxylic acids is 2. The van der Waals surface area contributed by atoms with Crippen molar-refractivity contribution < 1.29 is 19.2 Å². The number of piperidine rings is 1. The monoisotopic (exact) mass is 362 g/mol. The molecule has 2 rings (SSSR count). The number of benzene rings is 1. The molecule has 1 aromatic carbocycles. The third-order valence-electron chi connectivity index (χ3n) is 4.68. The second-order valence-electron chi connectivity index (χ2n) is 6.60. The van der Waals surface area contributed by atoms with E-state index in [1.165, 1.54) is 24.3 Å². The Labute approximate surface area is 153 Å². The summed E-state index contributed by atoms with van der Waals surface area (Å²) < 4.78 is 5.34. The molecule has 0 aromatic heterocycles. The van der Waals surface area contributed by atoms with Crippen LogP contribution in [0.15, 0.2) is 24.3 Å². The van der Waals surface area contributed by atoms with Gasteiger partial charge < -0.3 is 9.64 Å². The Bertz CT molecular complexity index is 621. The minimum atomic E-state index is -0.492. The smallest absolute Gasteiger partial charge is 0.309 e. The van der Waals surface area contributed by atoms with E-state index in [1.807, 2.05) is 0 Å². The van der Waals surface area contributed by atoms with E-state index in [0.29, 0.717) is 38.1 Å². The summed E-state index contributed by atoms with van der Waals surface area (Å²) in [6.07, 6.45) is 5.46.